The zero-order valence-corrected chi connectivity index (χ0v) is 12.2. The van der Waals surface area contributed by atoms with Gasteiger partial charge in [0.1, 0.15) is 11.6 Å². The lowest BCUT2D eigenvalue weighted by Gasteiger charge is -2.30. The van der Waals surface area contributed by atoms with Crippen molar-refractivity contribution in [2.24, 2.45) is 5.73 Å². The van der Waals surface area contributed by atoms with Crippen LogP contribution in [0, 0.1) is 5.82 Å². The van der Waals surface area contributed by atoms with Crippen LogP contribution in [0.15, 0.2) is 45.5 Å². The van der Waals surface area contributed by atoms with Gasteiger partial charge in [0.2, 0.25) is 0 Å². The van der Waals surface area contributed by atoms with Crippen LogP contribution in [-0.4, -0.2) is 13.1 Å². The molecule has 0 aliphatic carbocycles. The van der Waals surface area contributed by atoms with Crippen molar-refractivity contribution in [3.05, 3.63) is 52.6 Å². The highest BCUT2D eigenvalue weighted by Crippen LogP contribution is 2.30. The van der Waals surface area contributed by atoms with Crippen LogP contribution in [0.2, 0.25) is 0 Å². The van der Waals surface area contributed by atoms with Crippen molar-refractivity contribution in [2.75, 3.05) is 18.0 Å². The standard InChI is InChI=1S/C14H16BrFN2O/c1-2-18(11-6-4-3-5-10(11)16)12(9-17)13-7-8-14(15)19-13/h3-8,12H,2,9,17H2,1H3. The van der Waals surface area contributed by atoms with Crippen LogP contribution in [0.3, 0.4) is 0 Å². The van der Waals surface area contributed by atoms with Gasteiger partial charge in [0, 0.05) is 13.1 Å². The number of nitrogens with zero attached hydrogens (tertiary/aromatic N) is 1. The van der Waals surface area contributed by atoms with E-state index in [4.69, 9.17) is 10.2 Å². The second-order valence-electron chi connectivity index (χ2n) is 4.13. The van der Waals surface area contributed by atoms with E-state index in [2.05, 4.69) is 15.9 Å². The Hall–Kier alpha value is -1.33. The van der Waals surface area contributed by atoms with Crippen LogP contribution in [0.25, 0.3) is 0 Å². The molecule has 0 saturated carbocycles. The number of furan rings is 1. The number of hydrogen-bond donors (Lipinski definition) is 1. The molecule has 2 aromatic rings. The van der Waals surface area contributed by atoms with Crippen LogP contribution in [0.4, 0.5) is 10.1 Å². The Morgan fingerprint density at radius 2 is 2.05 bits per heavy atom. The molecule has 3 nitrogen and oxygen atoms in total. The largest absolute Gasteiger partial charge is 0.452 e. The van der Waals surface area contributed by atoms with E-state index in [-0.39, 0.29) is 11.9 Å². The zero-order chi connectivity index (χ0) is 13.8. The first kappa shape index (κ1) is 14.1. The first-order valence-corrected chi connectivity index (χ1v) is 6.93. The molecular weight excluding hydrogens is 311 g/mol. The van der Waals surface area contributed by atoms with Crippen LogP contribution in [0.1, 0.15) is 18.7 Å². The van der Waals surface area contributed by atoms with Gasteiger partial charge in [-0.25, -0.2) is 4.39 Å². The lowest BCUT2D eigenvalue weighted by Crippen LogP contribution is -2.34. The number of halogens is 2. The smallest absolute Gasteiger partial charge is 0.169 e. The lowest BCUT2D eigenvalue weighted by atomic mass is 10.1. The van der Waals surface area contributed by atoms with E-state index in [0.717, 1.165) is 5.76 Å². The fourth-order valence-electron chi connectivity index (χ4n) is 2.15. The Labute approximate surface area is 120 Å². The number of likely N-dealkylation sites (N-methyl/N-ethyl adjacent to an activating group) is 1. The third kappa shape index (κ3) is 2.98. The highest BCUT2D eigenvalue weighted by molar-refractivity contribution is 9.10. The van der Waals surface area contributed by atoms with Gasteiger partial charge in [0.15, 0.2) is 4.67 Å². The number of para-hydroxylation sites is 1. The molecule has 5 heteroatoms. The zero-order valence-electron chi connectivity index (χ0n) is 10.6. The van der Waals surface area contributed by atoms with Gasteiger partial charge in [-0.15, -0.1) is 0 Å². The molecule has 1 atom stereocenters. The Kier molecular flexibility index (Phi) is 4.61. The summed E-state index contributed by atoms with van der Waals surface area (Å²) in [5, 5.41) is 0. The van der Waals surface area contributed by atoms with Gasteiger partial charge >= 0.3 is 0 Å². The summed E-state index contributed by atoms with van der Waals surface area (Å²) < 4.78 is 20.1. The SMILES string of the molecule is CCN(c1ccccc1F)C(CN)c1ccc(Br)o1. The molecule has 0 spiro atoms. The second kappa shape index (κ2) is 6.21. The van der Waals surface area contributed by atoms with Crippen molar-refractivity contribution in [1.29, 1.82) is 0 Å². The molecule has 19 heavy (non-hydrogen) atoms. The highest BCUT2D eigenvalue weighted by atomic mass is 79.9. The van der Waals surface area contributed by atoms with Crippen LogP contribution in [-0.2, 0) is 0 Å². The van der Waals surface area contributed by atoms with E-state index < -0.39 is 0 Å². The van der Waals surface area contributed by atoms with Crippen molar-refractivity contribution in [1.82, 2.24) is 0 Å². The molecule has 2 N–H and O–H groups in total. The van der Waals surface area contributed by atoms with Crippen molar-refractivity contribution in [3.63, 3.8) is 0 Å². The van der Waals surface area contributed by atoms with Crippen LogP contribution >= 0.6 is 15.9 Å². The third-order valence-corrected chi connectivity index (χ3v) is 3.45. The molecular formula is C14H16BrFN2O. The quantitative estimate of drug-likeness (QED) is 0.910. The molecule has 1 unspecified atom stereocenters. The summed E-state index contributed by atoms with van der Waals surface area (Å²) in [4.78, 5) is 1.90. The molecule has 0 amide bonds. The number of benzene rings is 1. The number of hydrogen-bond acceptors (Lipinski definition) is 3. The van der Waals surface area contributed by atoms with Gasteiger partial charge in [-0.2, -0.15) is 0 Å². The molecule has 102 valence electrons. The molecule has 0 fully saturated rings. The first-order chi connectivity index (χ1) is 9.17. The topological polar surface area (TPSA) is 42.4 Å². The van der Waals surface area contributed by atoms with Crippen LogP contribution in [0.5, 0.6) is 0 Å². The van der Waals surface area contributed by atoms with Crippen molar-refractivity contribution in [2.45, 2.75) is 13.0 Å². The van der Waals surface area contributed by atoms with E-state index >= 15 is 0 Å². The minimum absolute atomic E-state index is 0.187. The molecule has 1 heterocycles. The molecule has 2 rings (SSSR count). The molecule has 0 bridgehead atoms. The maximum absolute atomic E-state index is 13.9. The molecule has 0 saturated heterocycles. The predicted octanol–water partition coefficient (Wildman–Crippen LogP) is 3.71. The normalized spacial score (nSPS) is 12.4. The summed E-state index contributed by atoms with van der Waals surface area (Å²) in [5.74, 6) is 0.466. The summed E-state index contributed by atoms with van der Waals surface area (Å²) in [6, 6.07) is 10.2. The lowest BCUT2D eigenvalue weighted by molar-refractivity contribution is 0.436. The summed E-state index contributed by atoms with van der Waals surface area (Å²) in [7, 11) is 0. The molecule has 0 aliphatic rings. The maximum Gasteiger partial charge on any atom is 0.169 e. The van der Waals surface area contributed by atoms with Crippen molar-refractivity contribution >= 4 is 21.6 Å². The average molecular weight is 327 g/mol. The summed E-state index contributed by atoms with van der Waals surface area (Å²) >= 11 is 3.27. The fraction of sp³-hybridized carbons (Fsp3) is 0.286. The van der Waals surface area contributed by atoms with Gasteiger partial charge in [-0.1, -0.05) is 12.1 Å². The number of rotatable bonds is 5. The second-order valence-corrected chi connectivity index (χ2v) is 4.91. The Balaban J connectivity index is 2.37. The maximum atomic E-state index is 13.9. The van der Waals surface area contributed by atoms with Crippen LogP contribution < -0.4 is 10.6 Å². The van der Waals surface area contributed by atoms with E-state index in [1.54, 1.807) is 12.1 Å². The molecule has 0 aliphatic heterocycles. The average Bonchev–Trinajstić information content (AvgIpc) is 2.83. The fourth-order valence-corrected chi connectivity index (χ4v) is 2.47. The Morgan fingerprint density at radius 1 is 1.32 bits per heavy atom. The summed E-state index contributed by atoms with van der Waals surface area (Å²) in [6.07, 6.45) is 0. The number of nitrogens with two attached hydrogens (primary N) is 1. The molecule has 0 radical (unpaired) electrons. The van der Waals surface area contributed by atoms with E-state index in [0.29, 0.717) is 23.4 Å². The van der Waals surface area contributed by atoms with Gasteiger partial charge in [0.05, 0.1) is 11.7 Å². The highest BCUT2D eigenvalue weighted by Gasteiger charge is 2.23. The monoisotopic (exact) mass is 326 g/mol. The minimum atomic E-state index is -0.256. The predicted molar refractivity (Wildman–Crippen MR) is 77.6 cm³/mol. The van der Waals surface area contributed by atoms with Crippen molar-refractivity contribution < 1.29 is 8.81 Å². The number of anilines is 1. The van der Waals surface area contributed by atoms with Gasteiger partial charge in [0.25, 0.3) is 0 Å². The third-order valence-electron chi connectivity index (χ3n) is 3.02. The molecule has 1 aromatic heterocycles. The Bertz CT molecular complexity index is 544. The summed E-state index contributed by atoms with van der Waals surface area (Å²) in [6.45, 7) is 2.95. The van der Waals surface area contributed by atoms with Gasteiger partial charge in [-0.05, 0) is 47.1 Å². The van der Waals surface area contributed by atoms with Gasteiger partial charge in [-0.3, -0.25) is 0 Å². The van der Waals surface area contributed by atoms with E-state index in [1.165, 1.54) is 6.07 Å². The van der Waals surface area contributed by atoms with E-state index in [9.17, 15) is 4.39 Å². The summed E-state index contributed by atoms with van der Waals surface area (Å²) in [5.41, 5.74) is 6.37. The minimum Gasteiger partial charge on any atom is -0.452 e. The molecule has 1 aromatic carbocycles. The first-order valence-electron chi connectivity index (χ1n) is 6.13. The van der Waals surface area contributed by atoms with Crippen molar-refractivity contribution in [3.8, 4) is 0 Å². The van der Waals surface area contributed by atoms with Gasteiger partial charge < -0.3 is 15.1 Å². The Morgan fingerprint density at radius 3 is 2.58 bits per heavy atom. The van der Waals surface area contributed by atoms with E-state index in [1.807, 2.05) is 30.0 Å².